The van der Waals surface area contributed by atoms with Crippen LogP contribution in [0, 0.1) is 0 Å². The molecule has 1 amide bonds. The Hall–Kier alpha value is -2.77. The van der Waals surface area contributed by atoms with E-state index in [1.807, 2.05) is 0 Å². The van der Waals surface area contributed by atoms with Crippen LogP contribution >= 0.6 is 0 Å². The van der Waals surface area contributed by atoms with Crippen LogP contribution in [-0.2, 0) is 52.4 Å². The number of esters is 3. The van der Waals surface area contributed by atoms with E-state index in [4.69, 9.17) is 33.5 Å². The molecule has 0 aliphatic heterocycles. The van der Waals surface area contributed by atoms with Gasteiger partial charge in [0.25, 0.3) is 0 Å². The first kappa shape index (κ1) is 42.2. The lowest BCUT2D eigenvalue weighted by Crippen LogP contribution is -2.58. The summed E-state index contributed by atoms with van der Waals surface area (Å²) < 4.78 is 33.5. The lowest BCUT2D eigenvalue weighted by Gasteiger charge is -2.34. The van der Waals surface area contributed by atoms with Crippen molar-refractivity contribution in [1.29, 1.82) is 0 Å². The molecule has 0 spiro atoms. The van der Waals surface area contributed by atoms with Gasteiger partial charge in [-0.25, -0.2) is 0 Å². The molecular formula is C32H57NO12. The van der Waals surface area contributed by atoms with Crippen molar-refractivity contribution in [2.24, 2.45) is 0 Å². The first-order valence-corrected chi connectivity index (χ1v) is 15.5. The number of rotatable bonds is 22. The Balaban J connectivity index is 5.49. The Morgan fingerprint density at radius 2 is 0.911 bits per heavy atom. The minimum Gasteiger partial charge on any atom is -0.481 e. The molecular weight excluding hydrogens is 590 g/mol. The highest BCUT2D eigenvalue weighted by molar-refractivity contribution is 5.77. The predicted octanol–water partition coefficient (Wildman–Crippen LogP) is 4.12. The van der Waals surface area contributed by atoms with Crippen LogP contribution in [0.25, 0.3) is 0 Å². The maximum Gasteiger partial charge on any atom is 0.308 e. The van der Waals surface area contributed by atoms with Crippen LogP contribution in [0.3, 0.4) is 0 Å². The van der Waals surface area contributed by atoms with E-state index in [-0.39, 0.29) is 84.1 Å². The molecule has 13 heteroatoms. The van der Waals surface area contributed by atoms with Gasteiger partial charge in [0.1, 0.15) is 22.3 Å². The number of ether oxygens (including phenoxy) is 6. The van der Waals surface area contributed by atoms with Gasteiger partial charge in [0.15, 0.2) is 0 Å². The molecule has 0 fully saturated rings. The zero-order valence-corrected chi connectivity index (χ0v) is 28.8. The fourth-order valence-corrected chi connectivity index (χ4v) is 3.76. The standard InChI is InChI=1S/C32H57NO12/c1-29(2,3)43-26(37)15-10-11-18-40-21-32(33-24(34)13-12-14-25(35)36,22-41-19-16-27(38)44-30(4,5)6)23-42-20-17-28(39)45-31(7,8)9/h10-23H2,1-9H3,(H,33,34)(H,35,36). The molecule has 0 aromatic carbocycles. The van der Waals surface area contributed by atoms with Gasteiger partial charge in [0.2, 0.25) is 5.91 Å². The third-order valence-electron chi connectivity index (χ3n) is 5.41. The summed E-state index contributed by atoms with van der Waals surface area (Å²) in [6, 6.07) is 0. The summed E-state index contributed by atoms with van der Waals surface area (Å²) in [4.78, 5) is 60.1. The molecule has 0 radical (unpaired) electrons. The summed E-state index contributed by atoms with van der Waals surface area (Å²) >= 11 is 0. The normalized spacial score (nSPS) is 12.4. The topological polar surface area (TPSA) is 173 Å². The highest BCUT2D eigenvalue weighted by Gasteiger charge is 2.34. The van der Waals surface area contributed by atoms with E-state index in [1.165, 1.54) is 0 Å². The van der Waals surface area contributed by atoms with Gasteiger partial charge in [-0.05, 0) is 81.6 Å². The van der Waals surface area contributed by atoms with Crippen LogP contribution in [0.4, 0.5) is 0 Å². The molecule has 0 aliphatic rings. The van der Waals surface area contributed by atoms with Gasteiger partial charge in [-0.15, -0.1) is 0 Å². The molecule has 262 valence electrons. The Morgan fingerprint density at radius 1 is 0.511 bits per heavy atom. The number of carbonyl (C=O) groups is 5. The van der Waals surface area contributed by atoms with Crippen LogP contribution in [0.2, 0.25) is 0 Å². The monoisotopic (exact) mass is 647 g/mol. The Kier molecular flexibility index (Phi) is 19.1. The average molecular weight is 648 g/mol. The van der Waals surface area contributed by atoms with Gasteiger partial charge < -0.3 is 38.8 Å². The smallest absolute Gasteiger partial charge is 0.308 e. The highest BCUT2D eigenvalue weighted by atomic mass is 16.6. The van der Waals surface area contributed by atoms with Crippen molar-refractivity contribution in [3.05, 3.63) is 0 Å². The number of carbonyl (C=O) groups excluding carboxylic acids is 4. The van der Waals surface area contributed by atoms with Crippen LogP contribution in [0.1, 0.15) is 114 Å². The van der Waals surface area contributed by atoms with Crippen LogP contribution in [0.5, 0.6) is 0 Å². The molecule has 2 N–H and O–H groups in total. The Morgan fingerprint density at radius 3 is 1.31 bits per heavy atom. The van der Waals surface area contributed by atoms with Crippen LogP contribution < -0.4 is 5.32 Å². The van der Waals surface area contributed by atoms with Gasteiger partial charge in [-0.3, -0.25) is 24.0 Å². The summed E-state index contributed by atoms with van der Waals surface area (Å²) in [7, 11) is 0. The van der Waals surface area contributed by atoms with E-state index < -0.39 is 46.2 Å². The van der Waals surface area contributed by atoms with Crippen molar-refractivity contribution >= 4 is 29.8 Å². The summed E-state index contributed by atoms with van der Waals surface area (Å²) in [5.41, 5.74) is -3.09. The molecule has 0 saturated carbocycles. The number of carboxylic acids is 1. The summed E-state index contributed by atoms with van der Waals surface area (Å²) in [5.74, 6) is -2.64. The maximum atomic E-state index is 12.9. The van der Waals surface area contributed by atoms with E-state index in [9.17, 15) is 24.0 Å². The van der Waals surface area contributed by atoms with E-state index in [0.29, 0.717) is 12.8 Å². The Bertz CT molecular complexity index is 892. The molecule has 0 bridgehead atoms. The summed E-state index contributed by atoms with van der Waals surface area (Å²) in [6.45, 7) is 16.0. The average Bonchev–Trinajstić information content (AvgIpc) is 2.83. The first-order valence-electron chi connectivity index (χ1n) is 15.5. The molecule has 0 saturated heterocycles. The van der Waals surface area contributed by atoms with E-state index in [2.05, 4.69) is 5.32 Å². The fourth-order valence-electron chi connectivity index (χ4n) is 3.76. The van der Waals surface area contributed by atoms with E-state index in [0.717, 1.165) is 0 Å². The van der Waals surface area contributed by atoms with Crippen molar-refractivity contribution in [3.8, 4) is 0 Å². The van der Waals surface area contributed by atoms with Crippen LogP contribution in [0.15, 0.2) is 0 Å². The zero-order valence-electron chi connectivity index (χ0n) is 28.8. The lowest BCUT2D eigenvalue weighted by atomic mass is 10.0. The molecule has 13 nitrogen and oxygen atoms in total. The lowest BCUT2D eigenvalue weighted by molar-refractivity contribution is -0.157. The summed E-state index contributed by atoms with van der Waals surface area (Å²) in [6.07, 6.45) is 1.15. The molecule has 0 aromatic heterocycles. The quantitative estimate of drug-likeness (QED) is 0.0979. The second-order valence-corrected chi connectivity index (χ2v) is 13.9. The molecule has 0 heterocycles. The fraction of sp³-hybridized carbons (Fsp3) is 0.844. The Labute approximate surface area is 268 Å². The maximum absolute atomic E-state index is 12.9. The molecule has 0 unspecified atom stereocenters. The van der Waals surface area contributed by atoms with Gasteiger partial charge in [-0.2, -0.15) is 0 Å². The number of nitrogens with one attached hydrogen (secondary N) is 1. The van der Waals surface area contributed by atoms with Gasteiger partial charge >= 0.3 is 23.9 Å². The minimum atomic E-state index is -1.23. The second-order valence-electron chi connectivity index (χ2n) is 13.9. The third kappa shape index (κ3) is 26.2. The summed E-state index contributed by atoms with van der Waals surface area (Å²) in [5, 5.41) is 11.8. The highest BCUT2D eigenvalue weighted by Crippen LogP contribution is 2.15. The van der Waals surface area contributed by atoms with Crippen LogP contribution in [-0.4, -0.2) is 96.9 Å². The second kappa shape index (κ2) is 20.4. The molecule has 0 atom stereocenters. The minimum absolute atomic E-state index is 0.000650. The number of carboxylic acid groups (broad SMARTS) is 1. The predicted molar refractivity (Wildman–Crippen MR) is 165 cm³/mol. The number of unbranched alkanes of at least 4 members (excludes halogenated alkanes) is 1. The van der Waals surface area contributed by atoms with Crippen molar-refractivity contribution < 1.29 is 57.5 Å². The number of hydrogen-bond donors (Lipinski definition) is 2. The largest absolute Gasteiger partial charge is 0.481 e. The number of hydrogen-bond acceptors (Lipinski definition) is 11. The van der Waals surface area contributed by atoms with Crippen molar-refractivity contribution in [2.45, 2.75) is 136 Å². The SMILES string of the molecule is CC(C)(C)OC(=O)CCCCOCC(COCCC(=O)OC(C)(C)C)(COCCC(=O)OC(C)(C)C)NC(=O)CCCC(=O)O. The number of aliphatic carboxylic acids is 1. The zero-order chi connectivity index (χ0) is 34.7. The van der Waals surface area contributed by atoms with Gasteiger partial charge in [-0.1, -0.05) is 0 Å². The van der Waals surface area contributed by atoms with E-state index >= 15 is 0 Å². The van der Waals surface area contributed by atoms with Crippen molar-refractivity contribution in [2.75, 3.05) is 39.6 Å². The molecule has 0 aliphatic carbocycles. The third-order valence-corrected chi connectivity index (χ3v) is 5.41. The van der Waals surface area contributed by atoms with Gasteiger partial charge in [0, 0.05) is 25.9 Å². The first-order chi connectivity index (χ1) is 20.6. The van der Waals surface area contributed by atoms with Crippen molar-refractivity contribution in [3.63, 3.8) is 0 Å². The molecule has 0 aromatic rings. The number of amides is 1. The van der Waals surface area contributed by atoms with Crippen molar-refractivity contribution in [1.82, 2.24) is 5.32 Å². The molecule has 45 heavy (non-hydrogen) atoms. The van der Waals surface area contributed by atoms with E-state index in [1.54, 1.807) is 62.3 Å². The molecule has 0 rings (SSSR count). The van der Waals surface area contributed by atoms with Gasteiger partial charge in [0.05, 0.1) is 45.9 Å².